The molecule has 0 amide bonds. The minimum absolute atomic E-state index is 0.286. The van der Waals surface area contributed by atoms with Gasteiger partial charge in [0.05, 0.1) is 78.0 Å². The van der Waals surface area contributed by atoms with Crippen molar-refractivity contribution in [1.29, 1.82) is 10.5 Å². The monoisotopic (exact) mass is 894 g/mol. The van der Waals surface area contributed by atoms with Crippen LogP contribution in [0.4, 0.5) is 0 Å². The summed E-state index contributed by atoms with van der Waals surface area (Å²) in [6.45, 7) is 0. The molecule has 318 valence electrons. The molecule has 0 aliphatic carbocycles. The summed E-state index contributed by atoms with van der Waals surface area (Å²) in [5.41, 5.74) is 11.1. The van der Waals surface area contributed by atoms with E-state index in [1.54, 1.807) is 11.3 Å². The first-order chi connectivity index (χ1) is 34.2. The summed E-state index contributed by atoms with van der Waals surface area (Å²) in [4.78, 5) is 0. The lowest BCUT2D eigenvalue weighted by Crippen LogP contribution is -2.17. The van der Waals surface area contributed by atoms with Crippen LogP contribution < -0.4 is 0 Å². The van der Waals surface area contributed by atoms with Gasteiger partial charge in [0, 0.05) is 63.3 Å². The minimum atomic E-state index is 0.286. The summed E-state index contributed by atoms with van der Waals surface area (Å²) in [6.07, 6.45) is 0. The van der Waals surface area contributed by atoms with E-state index in [2.05, 4.69) is 237 Å². The summed E-state index contributed by atoms with van der Waals surface area (Å²) in [7, 11) is 0. The van der Waals surface area contributed by atoms with Gasteiger partial charge in [0.25, 0.3) is 0 Å². The molecule has 0 unspecified atom stereocenters. The quantitative estimate of drug-likeness (QED) is 0.177. The van der Waals surface area contributed by atoms with E-state index in [1.807, 2.05) is 0 Å². The van der Waals surface area contributed by atoms with Crippen molar-refractivity contribution in [2.45, 2.75) is 0 Å². The summed E-state index contributed by atoms with van der Waals surface area (Å²) in [6, 6.07) is 78.4. The van der Waals surface area contributed by atoms with Crippen molar-refractivity contribution in [3.63, 3.8) is 0 Å². The molecule has 15 rings (SSSR count). The van der Waals surface area contributed by atoms with Crippen LogP contribution in [0.1, 0.15) is 11.1 Å². The Morgan fingerprint density at radius 2 is 0.551 bits per heavy atom. The second kappa shape index (κ2) is 14.1. The SMILES string of the molecule is N#Cc1c(C#N)c(-n2c3ccccc3c3cc4sc5ccccc5c4cc32)c(-n2c3ccccc3c3ccccc32)c(-n2c3ccccc3c3ccccc32)c1-n1c2ccccc2c2ccccc21. The van der Waals surface area contributed by atoms with Gasteiger partial charge in [-0.2, -0.15) is 10.5 Å². The number of fused-ring (bicyclic) bond motifs is 15. The number of hydrogen-bond donors (Lipinski definition) is 0. The van der Waals surface area contributed by atoms with E-state index in [4.69, 9.17) is 0 Å². The van der Waals surface area contributed by atoms with Crippen molar-refractivity contribution in [3.05, 3.63) is 217 Å². The Labute approximate surface area is 397 Å². The molecular formula is C62H34N6S. The van der Waals surface area contributed by atoms with E-state index in [1.165, 1.54) is 14.8 Å². The first-order valence-electron chi connectivity index (χ1n) is 23.1. The van der Waals surface area contributed by atoms with E-state index >= 15 is 0 Å². The van der Waals surface area contributed by atoms with E-state index in [0.29, 0.717) is 11.4 Å². The first-order valence-corrected chi connectivity index (χ1v) is 23.9. The molecule has 7 heteroatoms. The zero-order valence-corrected chi connectivity index (χ0v) is 37.5. The van der Waals surface area contributed by atoms with Gasteiger partial charge in [-0.1, -0.05) is 146 Å². The van der Waals surface area contributed by atoms with Gasteiger partial charge in [-0.25, -0.2) is 0 Å². The largest absolute Gasteiger partial charge is 0.306 e. The van der Waals surface area contributed by atoms with Crippen molar-refractivity contribution < 1.29 is 0 Å². The molecule has 6 nitrogen and oxygen atoms in total. The van der Waals surface area contributed by atoms with E-state index in [9.17, 15) is 10.5 Å². The standard InChI is InChI=1S/C62H34N6S/c63-35-47-48(36-64)60(68-55-31-15-7-23-43(55)45-34-58-46(33-56(45)68)44-24-8-16-32-57(44)69-58)62(67-53-29-13-5-21-41(53)42-22-6-14-30-54(42)67)61(66-51-27-11-3-19-39(51)40-20-4-12-28-52(40)66)59(47)65-49-25-9-1-17-37(49)38-18-2-10-26-50(38)65/h1-34H. The van der Waals surface area contributed by atoms with Crippen molar-refractivity contribution in [2.24, 2.45) is 0 Å². The minimum Gasteiger partial charge on any atom is -0.306 e. The third-order valence-electron chi connectivity index (χ3n) is 14.4. The van der Waals surface area contributed by atoms with Crippen LogP contribution in [0.3, 0.4) is 0 Å². The van der Waals surface area contributed by atoms with Crippen LogP contribution in [0.15, 0.2) is 206 Å². The second-order valence-corrected chi connectivity index (χ2v) is 18.9. The fourth-order valence-electron chi connectivity index (χ4n) is 11.7. The molecule has 15 aromatic rings. The number of nitriles is 2. The average Bonchev–Trinajstić information content (AvgIpc) is 4.20. The molecular weight excluding hydrogens is 861 g/mol. The Morgan fingerprint density at radius 1 is 0.261 bits per heavy atom. The summed E-state index contributed by atoms with van der Waals surface area (Å²) in [5.74, 6) is 0. The number of para-hydroxylation sites is 7. The maximum absolute atomic E-state index is 12.2. The Kier molecular flexibility index (Phi) is 7.70. The number of nitrogens with zero attached hydrogens (tertiary/aromatic N) is 6. The van der Waals surface area contributed by atoms with Gasteiger partial charge < -0.3 is 18.3 Å². The van der Waals surface area contributed by atoms with Gasteiger partial charge >= 0.3 is 0 Å². The van der Waals surface area contributed by atoms with Crippen LogP contribution in [0.2, 0.25) is 0 Å². The Balaban J connectivity index is 1.29. The summed E-state index contributed by atoms with van der Waals surface area (Å²) < 4.78 is 11.7. The third kappa shape index (κ3) is 4.96. The van der Waals surface area contributed by atoms with Crippen LogP contribution in [0.5, 0.6) is 0 Å². The highest BCUT2D eigenvalue weighted by atomic mass is 32.1. The van der Waals surface area contributed by atoms with E-state index in [0.717, 1.165) is 104 Å². The normalized spacial score (nSPS) is 12.0. The Bertz CT molecular complexity index is 4660. The van der Waals surface area contributed by atoms with Crippen LogP contribution in [0.25, 0.3) is 130 Å². The molecule has 0 bridgehead atoms. The highest BCUT2D eigenvalue weighted by Crippen LogP contribution is 2.50. The molecule has 10 aromatic carbocycles. The number of aromatic nitrogens is 4. The van der Waals surface area contributed by atoms with Crippen LogP contribution in [-0.2, 0) is 0 Å². The van der Waals surface area contributed by atoms with Crippen molar-refractivity contribution in [2.75, 3.05) is 0 Å². The lowest BCUT2D eigenvalue weighted by Gasteiger charge is -2.27. The van der Waals surface area contributed by atoms with Crippen molar-refractivity contribution >= 4 is 119 Å². The van der Waals surface area contributed by atoms with Crippen LogP contribution >= 0.6 is 11.3 Å². The summed E-state index contributed by atoms with van der Waals surface area (Å²) >= 11 is 1.80. The highest BCUT2D eigenvalue weighted by molar-refractivity contribution is 7.25. The van der Waals surface area contributed by atoms with Gasteiger partial charge in [-0.3, -0.25) is 0 Å². The van der Waals surface area contributed by atoms with E-state index in [-0.39, 0.29) is 11.1 Å². The molecule has 0 fully saturated rings. The number of rotatable bonds is 4. The molecule has 0 saturated heterocycles. The van der Waals surface area contributed by atoms with Gasteiger partial charge in [-0.05, 0) is 60.7 Å². The van der Waals surface area contributed by atoms with Crippen LogP contribution in [-0.4, -0.2) is 18.3 Å². The first kappa shape index (κ1) is 37.8. The molecule has 0 saturated carbocycles. The molecule has 0 aliphatic heterocycles. The molecule has 0 N–H and O–H groups in total. The number of hydrogen-bond acceptors (Lipinski definition) is 3. The highest BCUT2D eigenvalue weighted by Gasteiger charge is 2.34. The maximum Gasteiger partial charge on any atom is 0.103 e. The Hall–Kier alpha value is -9.40. The van der Waals surface area contributed by atoms with Gasteiger partial charge in [-0.15, -0.1) is 11.3 Å². The smallest absolute Gasteiger partial charge is 0.103 e. The molecule has 0 atom stereocenters. The topological polar surface area (TPSA) is 67.3 Å². The molecule has 0 radical (unpaired) electrons. The third-order valence-corrected chi connectivity index (χ3v) is 15.6. The predicted molar refractivity (Wildman–Crippen MR) is 286 cm³/mol. The molecule has 5 aromatic heterocycles. The second-order valence-electron chi connectivity index (χ2n) is 17.8. The molecule has 0 aliphatic rings. The van der Waals surface area contributed by atoms with Gasteiger partial charge in [0.1, 0.15) is 12.1 Å². The fourth-order valence-corrected chi connectivity index (χ4v) is 12.8. The zero-order valence-electron chi connectivity index (χ0n) is 36.7. The maximum atomic E-state index is 12.2. The lowest BCUT2D eigenvalue weighted by atomic mass is 9.98. The number of benzene rings is 10. The molecule has 69 heavy (non-hydrogen) atoms. The Morgan fingerprint density at radius 3 is 0.913 bits per heavy atom. The average molecular weight is 895 g/mol. The summed E-state index contributed by atoms with van der Waals surface area (Å²) in [5, 5.41) is 35.2. The van der Waals surface area contributed by atoms with Gasteiger partial charge in [0.15, 0.2) is 0 Å². The predicted octanol–water partition coefficient (Wildman–Crippen LogP) is 16.2. The van der Waals surface area contributed by atoms with Crippen molar-refractivity contribution in [3.8, 4) is 34.9 Å². The number of thiophene rings is 1. The van der Waals surface area contributed by atoms with Crippen molar-refractivity contribution in [1.82, 2.24) is 18.3 Å². The fraction of sp³-hybridized carbons (Fsp3) is 0. The van der Waals surface area contributed by atoms with E-state index < -0.39 is 0 Å². The molecule has 0 spiro atoms. The molecule has 5 heterocycles. The zero-order chi connectivity index (χ0) is 45.5. The van der Waals surface area contributed by atoms with Crippen LogP contribution in [0, 0.1) is 22.7 Å². The lowest BCUT2D eigenvalue weighted by molar-refractivity contribution is 1.01. The van der Waals surface area contributed by atoms with Gasteiger partial charge in [0.2, 0.25) is 0 Å².